The Hall–Kier alpha value is -1.79. The third kappa shape index (κ3) is 3.65. The Morgan fingerprint density at radius 3 is 2.50 bits per heavy atom. The van der Waals surface area contributed by atoms with Crippen LogP contribution in [0.15, 0.2) is 18.2 Å². The topological polar surface area (TPSA) is 68.0 Å². The highest BCUT2D eigenvalue weighted by atomic mass is 16.7. The number of benzene rings is 1. The van der Waals surface area contributed by atoms with E-state index in [9.17, 15) is 4.79 Å². The summed E-state index contributed by atoms with van der Waals surface area (Å²) in [5.74, 6) is 1.69. The predicted octanol–water partition coefficient (Wildman–Crippen LogP) is 1.43. The molecule has 0 radical (unpaired) electrons. The highest BCUT2D eigenvalue weighted by Crippen LogP contribution is 2.32. The SMILES string of the molecule is CC(C)(C)[C@H](N)C(=O)N1CCN(Cc2ccc3c(c2)OCO3)CC1. The van der Waals surface area contributed by atoms with Crippen LogP contribution in [0.25, 0.3) is 0 Å². The van der Waals surface area contributed by atoms with Crippen LogP contribution in [0.1, 0.15) is 26.3 Å². The Balaban J connectivity index is 1.53. The van der Waals surface area contributed by atoms with Crippen LogP contribution in [-0.4, -0.2) is 54.7 Å². The number of carbonyl (C=O) groups excluding carboxylic acids is 1. The smallest absolute Gasteiger partial charge is 0.240 e. The Morgan fingerprint density at radius 2 is 1.83 bits per heavy atom. The Kier molecular flexibility index (Phi) is 4.69. The molecule has 0 bridgehead atoms. The van der Waals surface area contributed by atoms with E-state index in [-0.39, 0.29) is 11.3 Å². The molecule has 3 rings (SSSR count). The molecule has 0 aliphatic carbocycles. The highest BCUT2D eigenvalue weighted by molar-refractivity contribution is 5.82. The molecule has 2 N–H and O–H groups in total. The maximum absolute atomic E-state index is 12.5. The highest BCUT2D eigenvalue weighted by Gasteiger charge is 2.32. The summed E-state index contributed by atoms with van der Waals surface area (Å²) in [5.41, 5.74) is 7.10. The Labute approximate surface area is 143 Å². The van der Waals surface area contributed by atoms with Gasteiger partial charge in [0, 0.05) is 32.7 Å². The van der Waals surface area contributed by atoms with E-state index >= 15 is 0 Å². The molecule has 2 aliphatic rings. The lowest BCUT2D eigenvalue weighted by molar-refractivity contribution is -0.136. The van der Waals surface area contributed by atoms with E-state index in [0.29, 0.717) is 6.79 Å². The fourth-order valence-corrected chi connectivity index (χ4v) is 2.99. The maximum Gasteiger partial charge on any atom is 0.240 e. The molecular formula is C18H27N3O3. The van der Waals surface area contributed by atoms with Gasteiger partial charge in [0.1, 0.15) is 0 Å². The van der Waals surface area contributed by atoms with E-state index in [1.54, 1.807) is 0 Å². The van der Waals surface area contributed by atoms with Crippen LogP contribution in [0.2, 0.25) is 0 Å². The van der Waals surface area contributed by atoms with Gasteiger partial charge in [0.05, 0.1) is 6.04 Å². The number of nitrogens with zero attached hydrogens (tertiary/aromatic N) is 2. The van der Waals surface area contributed by atoms with Gasteiger partial charge < -0.3 is 20.1 Å². The average molecular weight is 333 g/mol. The number of carbonyl (C=O) groups is 1. The molecule has 1 amide bonds. The van der Waals surface area contributed by atoms with Gasteiger partial charge in [-0.25, -0.2) is 0 Å². The summed E-state index contributed by atoms with van der Waals surface area (Å²) >= 11 is 0. The molecule has 1 atom stereocenters. The van der Waals surface area contributed by atoms with Gasteiger partial charge >= 0.3 is 0 Å². The minimum Gasteiger partial charge on any atom is -0.454 e. The molecule has 6 nitrogen and oxygen atoms in total. The number of rotatable bonds is 3. The minimum absolute atomic E-state index is 0.0604. The lowest BCUT2D eigenvalue weighted by Crippen LogP contribution is -2.56. The molecule has 24 heavy (non-hydrogen) atoms. The average Bonchev–Trinajstić information content (AvgIpc) is 3.01. The monoisotopic (exact) mass is 333 g/mol. The van der Waals surface area contributed by atoms with Crippen molar-refractivity contribution in [1.82, 2.24) is 9.80 Å². The summed E-state index contributed by atoms with van der Waals surface area (Å²) in [5, 5.41) is 0. The second-order valence-electron chi connectivity index (χ2n) is 7.63. The van der Waals surface area contributed by atoms with Gasteiger partial charge in [-0.2, -0.15) is 0 Å². The fourth-order valence-electron chi connectivity index (χ4n) is 2.99. The Bertz CT molecular complexity index is 604. The van der Waals surface area contributed by atoms with Crippen molar-refractivity contribution in [1.29, 1.82) is 0 Å². The zero-order chi connectivity index (χ0) is 17.3. The van der Waals surface area contributed by atoms with Crippen molar-refractivity contribution in [2.75, 3.05) is 33.0 Å². The van der Waals surface area contributed by atoms with E-state index in [1.165, 1.54) is 5.56 Å². The van der Waals surface area contributed by atoms with Gasteiger partial charge in [-0.05, 0) is 23.1 Å². The Morgan fingerprint density at radius 1 is 1.17 bits per heavy atom. The molecule has 132 valence electrons. The van der Waals surface area contributed by atoms with Crippen molar-refractivity contribution in [3.63, 3.8) is 0 Å². The number of fused-ring (bicyclic) bond motifs is 1. The first-order valence-electron chi connectivity index (χ1n) is 8.50. The molecule has 0 aromatic heterocycles. The van der Waals surface area contributed by atoms with E-state index < -0.39 is 6.04 Å². The first-order valence-corrected chi connectivity index (χ1v) is 8.50. The third-order valence-corrected chi connectivity index (χ3v) is 4.73. The summed E-state index contributed by atoms with van der Waals surface area (Å²) in [6.45, 7) is 10.3. The normalized spacial score (nSPS) is 19.4. The zero-order valence-corrected chi connectivity index (χ0v) is 14.7. The largest absolute Gasteiger partial charge is 0.454 e. The van der Waals surface area contributed by atoms with Crippen LogP contribution in [-0.2, 0) is 11.3 Å². The molecule has 1 saturated heterocycles. The van der Waals surface area contributed by atoms with Crippen molar-refractivity contribution >= 4 is 5.91 Å². The number of hydrogen-bond donors (Lipinski definition) is 1. The quantitative estimate of drug-likeness (QED) is 0.906. The lowest BCUT2D eigenvalue weighted by Gasteiger charge is -2.38. The standard InChI is InChI=1S/C18H27N3O3/c1-18(2,3)16(19)17(22)21-8-6-20(7-9-21)11-13-4-5-14-15(10-13)24-12-23-14/h4-5,10,16H,6-9,11-12,19H2,1-3H3/t16-/m1/s1. The molecule has 2 heterocycles. The van der Waals surface area contributed by atoms with E-state index in [0.717, 1.165) is 44.2 Å². The minimum atomic E-state index is -0.446. The first-order chi connectivity index (χ1) is 11.3. The third-order valence-electron chi connectivity index (χ3n) is 4.73. The molecule has 1 aromatic rings. The molecule has 6 heteroatoms. The van der Waals surface area contributed by atoms with Gasteiger partial charge in [0.25, 0.3) is 0 Å². The van der Waals surface area contributed by atoms with Gasteiger partial charge in [0.2, 0.25) is 12.7 Å². The van der Waals surface area contributed by atoms with Crippen LogP contribution in [0.4, 0.5) is 0 Å². The fraction of sp³-hybridized carbons (Fsp3) is 0.611. The lowest BCUT2D eigenvalue weighted by atomic mass is 9.86. The number of amides is 1. The molecule has 1 fully saturated rings. The second-order valence-corrected chi connectivity index (χ2v) is 7.63. The molecule has 2 aliphatic heterocycles. The van der Waals surface area contributed by atoms with Crippen molar-refractivity contribution < 1.29 is 14.3 Å². The van der Waals surface area contributed by atoms with E-state index in [4.69, 9.17) is 15.2 Å². The van der Waals surface area contributed by atoms with Gasteiger partial charge in [-0.15, -0.1) is 0 Å². The number of nitrogens with two attached hydrogens (primary N) is 1. The van der Waals surface area contributed by atoms with Crippen molar-refractivity contribution in [3.8, 4) is 11.5 Å². The van der Waals surface area contributed by atoms with Crippen molar-refractivity contribution in [3.05, 3.63) is 23.8 Å². The van der Waals surface area contributed by atoms with Crippen molar-refractivity contribution in [2.45, 2.75) is 33.4 Å². The predicted molar refractivity (Wildman–Crippen MR) is 91.9 cm³/mol. The van der Waals surface area contributed by atoms with E-state index in [1.807, 2.05) is 37.8 Å². The summed E-state index contributed by atoms with van der Waals surface area (Å²) in [4.78, 5) is 16.7. The molecule has 0 saturated carbocycles. The number of ether oxygens (including phenoxy) is 2. The second kappa shape index (κ2) is 6.61. The van der Waals surface area contributed by atoms with Crippen LogP contribution >= 0.6 is 0 Å². The molecule has 0 unspecified atom stereocenters. The van der Waals surface area contributed by atoms with Crippen molar-refractivity contribution in [2.24, 2.45) is 11.1 Å². The van der Waals surface area contributed by atoms with E-state index in [2.05, 4.69) is 11.0 Å². The van der Waals surface area contributed by atoms with Crippen LogP contribution in [0.5, 0.6) is 11.5 Å². The summed E-state index contributed by atoms with van der Waals surface area (Å²) < 4.78 is 10.8. The molecule has 1 aromatic carbocycles. The summed E-state index contributed by atoms with van der Waals surface area (Å²) in [6, 6.07) is 5.62. The number of hydrogen-bond acceptors (Lipinski definition) is 5. The number of piperazine rings is 1. The summed E-state index contributed by atoms with van der Waals surface area (Å²) in [6.07, 6.45) is 0. The first kappa shape index (κ1) is 17.0. The van der Waals surface area contributed by atoms with Gasteiger partial charge in [-0.3, -0.25) is 9.69 Å². The zero-order valence-electron chi connectivity index (χ0n) is 14.7. The van der Waals surface area contributed by atoms with Gasteiger partial charge in [-0.1, -0.05) is 26.8 Å². The maximum atomic E-state index is 12.5. The van der Waals surface area contributed by atoms with Crippen LogP contribution in [0, 0.1) is 5.41 Å². The van der Waals surface area contributed by atoms with Gasteiger partial charge in [0.15, 0.2) is 11.5 Å². The van der Waals surface area contributed by atoms with Crippen LogP contribution in [0.3, 0.4) is 0 Å². The van der Waals surface area contributed by atoms with Crippen LogP contribution < -0.4 is 15.2 Å². The molecular weight excluding hydrogens is 306 g/mol. The summed E-state index contributed by atoms with van der Waals surface area (Å²) in [7, 11) is 0. The molecule has 0 spiro atoms.